The molecule has 0 unspecified atom stereocenters. The summed E-state index contributed by atoms with van der Waals surface area (Å²) in [6.07, 6.45) is 9.93. The van der Waals surface area contributed by atoms with Gasteiger partial charge in [0.05, 0.1) is 6.61 Å². The van der Waals surface area contributed by atoms with Gasteiger partial charge in [0.1, 0.15) is 5.75 Å². The zero-order valence-electron chi connectivity index (χ0n) is 12.6. The van der Waals surface area contributed by atoms with Crippen LogP contribution in [0.4, 0.5) is 0 Å². The van der Waals surface area contributed by atoms with Crippen molar-refractivity contribution in [3.05, 3.63) is 41.0 Å². The van der Waals surface area contributed by atoms with Crippen LogP contribution in [0.15, 0.2) is 24.3 Å². The smallest absolute Gasteiger partial charge is 0.185 e. The van der Waals surface area contributed by atoms with Gasteiger partial charge in [-0.3, -0.25) is 4.79 Å². The Balaban J connectivity index is 2.35. The maximum Gasteiger partial charge on any atom is 0.185 e. The molecule has 0 bridgehead atoms. The summed E-state index contributed by atoms with van der Waals surface area (Å²) in [7, 11) is 0. The predicted octanol–water partition coefficient (Wildman–Crippen LogP) is 4.50. The normalized spacial score (nSPS) is 14.3. The lowest BCUT2D eigenvalue weighted by Crippen LogP contribution is -2.12. The van der Waals surface area contributed by atoms with Crippen LogP contribution in [0.1, 0.15) is 61.0 Å². The number of benzene rings is 1. The van der Waals surface area contributed by atoms with Crippen molar-refractivity contribution in [1.82, 2.24) is 0 Å². The molecule has 2 nitrogen and oxygen atoms in total. The molecule has 2 heteroatoms. The highest BCUT2D eigenvalue weighted by atomic mass is 16.5. The van der Waals surface area contributed by atoms with Crippen molar-refractivity contribution in [1.29, 1.82) is 0 Å². The molecule has 0 aromatic heterocycles. The summed E-state index contributed by atoms with van der Waals surface area (Å²) in [5.41, 5.74) is 3.35. The number of hydrogen-bond donors (Lipinski definition) is 0. The summed E-state index contributed by atoms with van der Waals surface area (Å²) in [6, 6.07) is 3.92. The predicted molar refractivity (Wildman–Crippen MR) is 82.6 cm³/mol. The van der Waals surface area contributed by atoms with E-state index in [0.717, 1.165) is 43.6 Å². The molecule has 0 heterocycles. The highest BCUT2D eigenvalue weighted by molar-refractivity contribution is 6.06. The molecule has 0 amide bonds. The zero-order chi connectivity index (χ0) is 14.4. The topological polar surface area (TPSA) is 26.3 Å². The third-order valence-electron chi connectivity index (χ3n) is 3.72. The van der Waals surface area contributed by atoms with Crippen LogP contribution in [0.3, 0.4) is 0 Å². The van der Waals surface area contributed by atoms with E-state index in [1.807, 2.05) is 25.1 Å². The van der Waals surface area contributed by atoms with Gasteiger partial charge in [-0.15, -0.1) is 0 Å². The second kappa shape index (κ2) is 7.28. The molecule has 2 rings (SSSR count). The van der Waals surface area contributed by atoms with E-state index in [1.165, 1.54) is 24.0 Å². The molecule has 0 saturated carbocycles. The molecule has 0 N–H and O–H groups in total. The second-order valence-electron chi connectivity index (χ2n) is 5.30. The molecule has 20 heavy (non-hydrogen) atoms. The van der Waals surface area contributed by atoms with Crippen LogP contribution in [0.25, 0.3) is 0 Å². The van der Waals surface area contributed by atoms with Gasteiger partial charge in [0.2, 0.25) is 0 Å². The quantitative estimate of drug-likeness (QED) is 0.563. The molecule has 1 aromatic carbocycles. The lowest BCUT2D eigenvalue weighted by Gasteiger charge is -2.22. The summed E-state index contributed by atoms with van der Waals surface area (Å²) in [5, 5.41) is 0. The molecule has 0 aliphatic heterocycles. The molecular weight excluding hydrogens is 248 g/mol. The number of rotatable bonds is 6. The Hall–Kier alpha value is -1.57. The van der Waals surface area contributed by atoms with Crippen molar-refractivity contribution in [2.24, 2.45) is 0 Å². The summed E-state index contributed by atoms with van der Waals surface area (Å²) in [6.45, 7) is 4.90. The van der Waals surface area contributed by atoms with Gasteiger partial charge in [0.25, 0.3) is 0 Å². The SMILES string of the molecule is CCC=CC(=O)c1ccc(OCCC)c2c1CCCC2. The van der Waals surface area contributed by atoms with E-state index < -0.39 is 0 Å². The van der Waals surface area contributed by atoms with Gasteiger partial charge in [-0.05, 0) is 67.9 Å². The molecule has 1 aliphatic rings. The van der Waals surface area contributed by atoms with Gasteiger partial charge in [0, 0.05) is 5.56 Å². The minimum absolute atomic E-state index is 0.132. The fourth-order valence-corrected chi connectivity index (χ4v) is 2.73. The van der Waals surface area contributed by atoms with Gasteiger partial charge in [-0.2, -0.15) is 0 Å². The number of ketones is 1. The van der Waals surface area contributed by atoms with E-state index in [1.54, 1.807) is 6.08 Å². The third-order valence-corrected chi connectivity index (χ3v) is 3.72. The highest BCUT2D eigenvalue weighted by Gasteiger charge is 2.20. The first-order valence-corrected chi connectivity index (χ1v) is 7.76. The third kappa shape index (κ3) is 3.30. The van der Waals surface area contributed by atoms with E-state index in [4.69, 9.17) is 4.74 Å². The minimum Gasteiger partial charge on any atom is -0.493 e. The average Bonchev–Trinajstić information content (AvgIpc) is 2.50. The van der Waals surface area contributed by atoms with Crippen LogP contribution in [0, 0.1) is 0 Å². The first kappa shape index (κ1) is 14.8. The maximum atomic E-state index is 12.3. The van der Waals surface area contributed by atoms with E-state index in [-0.39, 0.29) is 5.78 Å². The first-order chi connectivity index (χ1) is 9.77. The van der Waals surface area contributed by atoms with Crippen molar-refractivity contribution in [3.8, 4) is 5.75 Å². The van der Waals surface area contributed by atoms with Gasteiger partial charge in [0.15, 0.2) is 5.78 Å². The molecule has 0 radical (unpaired) electrons. The molecule has 1 aromatic rings. The van der Waals surface area contributed by atoms with Crippen LogP contribution in [-0.2, 0) is 12.8 Å². The Kier molecular flexibility index (Phi) is 5.40. The van der Waals surface area contributed by atoms with Crippen LogP contribution in [-0.4, -0.2) is 12.4 Å². The number of fused-ring (bicyclic) bond motifs is 1. The van der Waals surface area contributed by atoms with Crippen molar-refractivity contribution in [2.75, 3.05) is 6.61 Å². The summed E-state index contributed by atoms with van der Waals surface area (Å²) in [5.74, 6) is 1.12. The molecule has 1 aliphatic carbocycles. The number of allylic oxidation sites excluding steroid dienone is 2. The zero-order valence-corrected chi connectivity index (χ0v) is 12.6. The monoisotopic (exact) mass is 272 g/mol. The van der Waals surface area contributed by atoms with E-state index in [2.05, 4.69) is 6.92 Å². The van der Waals surface area contributed by atoms with Crippen molar-refractivity contribution < 1.29 is 9.53 Å². The van der Waals surface area contributed by atoms with Gasteiger partial charge >= 0.3 is 0 Å². The van der Waals surface area contributed by atoms with Gasteiger partial charge in [-0.25, -0.2) is 0 Å². The lowest BCUT2D eigenvalue weighted by molar-refractivity contribution is 0.104. The number of ether oxygens (including phenoxy) is 1. The van der Waals surface area contributed by atoms with E-state index in [9.17, 15) is 4.79 Å². The minimum atomic E-state index is 0.132. The lowest BCUT2D eigenvalue weighted by atomic mass is 9.86. The average molecular weight is 272 g/mol. The van der Waals surface area contributed by atoms with Crippen molar-refractivity contribution in [3.63, 3.8) is 0 Å². The fraction of sp³-hybridized carbons (Fsp3) is 0.500. The van der Waals surface area contributed by atoms with Crippen molar-refractivity contribution >= 4 is 5.78 Å². The summed E-state index contributed by atoms with van der Waals surface area (Å²) < 4.78 is 5.84. The highest BCUT2D eigenvalue weighted by Crippen LogP contribution is 2.32. The van der Waals surface area contributed by atoms with Crippen LogP contribution >= 0.6 is 0 Å². The number of carbonyl (C=O) groups is 1. The van der Waals surface area contributed by atoms with Gasteiger partial charge in [-0.1, -0.05) is 19.9 Å². The summed E-state index contributed by atoms with van der Waals surface area (Å²) >= 11 is 0. The van der Waals surface area contributed by atoms with Crippen LogP contribution in [0.2, 0.25) is 0 Å². The number of hydrogen-bond acceptors (Lipinski definition) is 2. The van der Waals surface area contributed by atoms with Crippen LogP contribution < -0.4 is 4.74 Å². The summed E-state index contributed by atoms with van der Waals surface area (Å²) in [4.78, 5) is 12.3. The molecule has 0 fully saturated rings. The molecular formula is C18H24O2. The number of carbonyl (C=O) groups excluding carboxylic acids is 1. The standard InChI is InChI=1S/C18H24O2/c1-3-5-10-17(19)15-11-12-18(20-13-4-2)16-9-7-6-8-14(15)16/h5,10-12H,3-4,6-9,13H2,1-2H3. The first-order valence-electron chi connectivity index (χ1n) is 7.76. The second-order valence-corrected chi connectivity index (χ2v) is 5.30. The van der Waals surface area contributed by atoms with E-state index in [0.29, 0.717) is 0 Å². The Morgan fingerprint density at radius 3 is 2.65 bits per heavy atom. The molecule has 0 atom stereocenters. The van der Waals surface area contributed by atoms with Crippen molar-refractivity contribution in [2.45, 2.75) is 52.4 Å². The molecule has 108 valence electrons. The fourth-order valence-electron chi connectivity index (χ4n) is 2.73. The van der Waals surface area contributed by atoms with Gasteiger partial charge < -0.3 is 4.74 Å². The Bertz CT molecular complexity index is 500. The Morgan fingerprint density at radius 2 is 1.95 bits per heavy atom. The van der Waals surface area contributed by atoms with Crippen LogP contribution in [0.5, 0.6) is 5.75 Å². The maximum absolute atomic E-state index is 12.3. The Morgan fingerprint density at radius 1 is 1.20 bits per heavy atom. The van der Waals surface area contributed by atoms with E-state index >= 15 is 0 Å². The Labute approximate surface area is 121 Å². The molecule has 0 saturated heterocycles. The molecule has 0 spiro atoms. The largest absolute Gasteiger partial charge is 0.493 e.